The molecule has 0 unspecified atom stereocenters. The minimum Gasteiger partial charge on any atom is -0.894 e. The van der Waals surface area contributed by atoms with Crippen LogP contribution in [0.15, 0.2) is 0 Å². The van der Waals surface area contributed by atoms with Gasteiger partial charge in [0.15, 0.2) is 0 Å². The molecule has 0 aliphatic carbocycles. The molecule has 0 aromatic heterocycles. The summed E-state index contributed by atoms with van der Waals surface area (Å²) >= 11 is 0. The van der Waals surface area contributed by atoms with Crippen LogP contribution in [-0.4, -0.2) is 81.3 Å². The summed E-state index contributed by atoms with van der Waals surface area (Å²) in [5.41, 5.74) is 0. The van der Waals surface area contributed by atoms with Gasteiger partial charge in [-0.25, -0.2) is 0 Å². The van der Waals surface area contributed by atoms with Crippen LogP contribution in [0.2, 0.25) is 0 Å². The van der Waals surface area contributed by atoms with Gasteiger partial charge >= 0.3 is 57.8 Å². The largest absolute Gasteiger partial charge is 3.00 e. The van der Waals surface area contributed by atoms with Gasteiger partial charge < -0.3 is 61.9 Å². The van der Waals surface area contributed by atoms with E-state index >= 15 is 0 Å². The van der Waals surface area contributed by atoms with E-state index in [-0.39, 0.29) is 63.3 Å². The fourth-order valence-corrected chi connectivity index (χ4v) is 0. The van der Waals surface area contributed by atoms with Crippen molar-refractivity contribution in [3.05, 3.63) is 0 Å². The molecule has 0 aliphatic heterocycles. The Morgan fingerprint density at radius 2 is 0.500 bits per heavy atom. The van der Waals surface area contributed by atoms with Crippen LogP contribution in [0.5, 0.6) is 0 Å². The van der Waals surface area contributed by atoms with E-state index in [2.05, 4.69) is 0 Å². The zero-order chi connectivity index (χ0) is 9.00. The first-order valence-electron chi connectivity index (χ1n) is 1.63. The normalized spacial score (nSPS) is 8.57. The molecule has 0 saturated heterocycles. The van der Waals surface area contributed by atoms with Gasteiger partial charge in [-0.1, -0.05) is 0 Å². The Bertz CT molecular complexity index is 63.8. The van der Waals surface area contributed by atoms with Gasteiger partial charge in [-0.2, -0.15) is 0 Å². The molecule has 0 aliphatic rings. The molecule has 0 fully saturated rings. The first kappa shape index (κ1) is 36.0. The minimum atomic E-state index is -5.61. The third-order valence-corrected chi connectivity index (χ3v) is 0. The molecule has 0 rings (SSSR count). The molecule has 14 heteroatoms. The summed E-state index contributed by atoms with van der Waals surface area (Å²) in [6.45, 7) is 0. The Labute approximate surface area is 119 Å². The number of hydrogen-bond acceptors (Lipinski definition) is 8. The Morgan fingerprint density at radius 3 is 0.500 bits per heavy atom. The third kappa shape index (κ3) is 638. The van der Waals surface area contributed by atoms with Gasteiger partial charge in [0.2, 0.25) is 0 Å². The van der Waals surface area contributed by atoms with E-state index < -0.39 is 18.1 Å². The molecule has 72 valence electrons. The summed E-state index contributed by atoms with van der Waals surface area (Å²) in [6, 6.07) is 0. The third-order valence-electron chi connectivity index (χ3n) is 0. The van der Waals surface area contributed by atoms with Crippen molar-refractivity contribution in [3.8, 4) is 0 Å². The van der Waals surface area contributed by atoms with Crippen LogP contribution >= 0.6 is 0 Å². The van der Waals surface area contributed by atoms with E-state index in [1.54, 1.807) is 0 Å². The van der Waals surface area contributed by atoms with Gasteiger partial charge in [-0.3, -0.25) is 0 Å². The van der Waals surface area contributed by atoms with Crippen LogP contribution in [0.4, 0.5) is 0 Å². The van der Waals surface area contributed by atoms with Gasteiger partial charge in [0.25, 0.3) is 0 Å². The van der Waals surface area contributed by atoms with Gasteiger partial charge in [-0.15, -0.1) is 0 Å². The van der Waals surface area contributed by atoms with Crippen LogP contribution < -0.4 is 38.4 Å². The Balaban J connectivity index is -0.0000000178. The summed E-state index contributed by atoms with van der Waals surface area (Å²) in [6.07, 6.45) is 0. The van der Waals surface area contributed by atoms with Crippen LogP contribution in [0, 0.1) is 0 Å². The Kier molecular flexibility index (Phi) is 38.3. The molecular formula is H2Al2MgO9Si2. The number of hydrogen-bond donors (Lipinski definition) is 0. The molecule has 0 bridgehead atoms. The van der Waals surface area contributed by atoms with E-state index in [1.807, 2.05) is 0 Å². The van der Waals surface area contributed by atoms with E-state index in [0.717, 1.165) is 0 Å². The average molecular weight is 280 g/mol. The van der Waals surface area contributed by atoms with Crippen molar-refractivity contribution in [3.63, 3.8) is 0 Å². The standard InChI is InChI=1S/2Al.Mg.2O4Si.H2O/c;;;2*1-5(2,3)4;/h;;;;;1H2/q2*+3;+2;2*-4;. The SMILES string of the molecule is O.[Al+3].[Al+3].[Mg+2].[O-][Si]([O-])([O-])[O-].[O-][Si]([O-])([O-])[O-]. The second-order valence-corrected chi connectivity index (χ2v) is 3.00. The summed E-state index contributed by atoms with van der Waals surface area (Å²) in [4.78, 5) is 68.6. The second-order valence-electron chi connectivity index (χ2n) is 1.00. The zero-order valence-corrected chi connectivity index (χ0v) is 12.4. The molecule has 0 spiro atoms. The van der Waals surface area contributed by atoms with Crippen molar-refractivity contribution in [2.75, 3.05) is 0 Å². The Hall–Kier alpha value is 1.90. The van der Waals surface area contributed by atoms with Crippen molar-refractivity contribution in [1.82, 2.24) is 0 Å². The number of rotatable bonds is 0. The maximum atomic E-state index is 8.58. The van der Waals surface area contributed by atoms with Crippen LogP contribution in [0.3, 0.4) is 0 Å². The van der Waals surface area contributed by atoms with Gasteiger partial charge in [0.05, 0.1) is 0 Å². The maximum absolute atomic E-state index is 8.58. The van der Waals surface area contributed by atoms with Crippen molar-refractivity contribution in [1.29, 1.82) is 0 Å². The first-order chi connectivity index (χ1) is 4.00. The molecule has 0 saturated carbocycles. The molecule has 2 N–H and O–H groups in total. The maximum Gasteiger partial charge on any atom is 3.00 e. The van der Waals surface area contributed by atoms with E-state index in [4.69, 9.17) is 38.4 Å². The molecule has 0 atom stereocenters. The van der Waals surface area contributed by atoms with Crippen molar-refractivity contribution >= 4 is 75.9 Å². The van der Waals surface area contributed by atoms with Gasteiger partial charge in [-0.05, 0) is 0 Å². The summed E-state index contributed by atoms with van der Waals surface area (Å²) in [7, 11) is -11.2. The zero-order valence-electron chi connectivity index (χ0n) is 6.63. The van der Waals surface area contributed by atoms with Crippen molar-refractivity contribution in [2.24, 2.45) is 0 Å². The molecular weight excluding hydrogens is 278 g/mol. The molecule has 0 radical (unpaired) electrons. The topological polar surface area (TPSA) is 216 Å². The van der Waals surface area contributed by atoms with Gasteiger partial charge in [0.1, 0.15) is 0 Å². The monoisotopic (exact) mass is 280 g/mol. The van der Waals surface area contributed by atoms with E-state index in [1.165, 1.54) is 0 Å². The first-order valence-corrected chi connectivity index (χ1v) is 4.90. The van der Waals surface area contributed by atoms with Crippen LogP contribution in [0.1, 0.15) is 0 Å². The predicted octanol–water partition coefficient (Wildman–Crippen LogP) is -12.2. The molecule has 0 aromatic carbocycles. The predicted molar refractivity (Wildman–Crippen MR) is 32.4 cm³/mol. The molecule has 14 heavy (non-hydrogen) atoms. The van der Waals surface area contributed by atoms with Gasteiger partial charge in [0, 0.05) is 0 Å². The molecule has 0 heterocycles. The quantitative estimate of drug-likeness (QED) is 0.387. The van der Waals surface area contributed by atoms with Crippen LogP contribution in [0.25, 0.3) is 0 Å². The average Bonchev–Trinajstić information content (AvgIpc) is 1.12. The van der Waals surface area contributed by atoms with Crippen molar-refractivity contribution < 1.29 is 43.8 Å². The van der Waals surface area contributed by atoms with E-state index in [0.29, 0.717) is 0 Å². The fraction of sp³-hybridized carbons (Fsp3) is 0. The fourth-order valence-electron chi connectivity index (χ4n) is 0. The molecule has 0 aromatic rings. The summed E-state index contributed by atoms with van der Waals surface area (Å²) in [5.74, 6) is 0. The summed E-state index contributed by atoms with van der Waals surface area (Å²) in [5, 5.41) is 0. The second kappa shape index (κ2) is 14.9. The minimum absolute atomic E-state index is 0. The smallest absolute Gasteiger partial charge is 0.894 e. The van der Waals surface area contributed by atoms with E-state index in [9.17, 15) is 0 Å². The summed E-state index contributed by atoms with van der Waals surface area (Å²) < 4.78 is 0. The van der Waals surface area contributed by atoms with Crippen LogP contribution in [-0.2, 0) is 0 Å². The molecule has 9 nitrogen and oxygen atoms in total. The molecule has 0 amide bonds. The Morgan fingerprint density at radius 1 is 0.500 bits per heavy atom. The van der Waals surface area contributed by atoms with Crippen molar-refractivity contribution in [2.45, 2.75) is 0 Å².